The van der Waals surface area contributed by atoms with E-state index in [1.54, 1.807) is 12.1 Å². The molecule has 0 radical (unpaired) electrons. The molecule has 1 heterocycles. The molecule has 8 heteroatoms. The van der Waals surface area contributed by atoms with Crippen LogP contribution >= 0.6 is 0 Å². The van der Waals surface area contributed by atoms with Crippen LogP contribution in [0.5, 0.6) is 0 Å². The van der Waals surface area contributed by atoms with Crippen molar-refractivity contribution in [1.29, 1.82) is 0 Å². The second kappa shape index (κ2) is 7.46. The van der Waals surface area contributed by atoms with E-state index in [-0.39, 0.29) is 18.7 Å². The van der Waals surface area contributed by atoms with Gasteiger partial charge in [-0.05, 0) is 48.2 Å². The minimum Gasteiger partial charge on any atom is -0.398 e. The topological polar surface area (TPSA) is 58.4 Å². The fourth-order valence-corrected chi connectivity index (χ4v) is 3.28. The summed E-state index contributed by atoms with van der Waals surface area (Å²) in [5.41, 5.74) is 7.23. The molecule has 4 nitrogen and oxygen atoms in total. The Hall–Kier alpha value is -2.77. The SMILES string of the molecule is Nc1cccc2c1CCCN2CC(=O)NCc1ccc(F)cc1C(F)(F)F. The highest BCUT2D eigenvalue weighted by atomic mass is 19.4. The maximum Gasteiger partial charge on any atom is 0.416 e. The number of alkyl halides is 3. The van der Waals surface area contributed by atoms with Crippen molar-refractivity contribution >= 4 is 17.3 Å². The number of nitrogens with zero attached hydrogens (tertiary/aromatic N) is 1. The molecule has 0 saturated heterocycles. The molecule has 3 N–H and O–H groups in total. The fraction of sp³-hybridized carbons (Fsp3) is 0.316. The fourth-order valence-electron chi connectivity index (χ4n) is 3.28. The van der Waals surface area contributed by atoms with Crippen LogP contribution in [0.2, 0.25) is 0 Å². The number of rotatable bonds is 4. The highest BCUT2D eigenvalue weighted by Crippen LogP contribution is 2.33. The first kappa shape index (κ1) is 19.0. The molecule has 0 spiro atoms. The molecule has 3 rings (SSSR count). The van der Waals surface area contributed by atoms with Gasteiger partial charge < -0.3 is 16.0 Å². The summed E-state index contributed by atoms with van der Waals surface area (Å²) in [6, 6.07) is 7.90. The second-order valence-corrected chi connectivity index (χ2v) is 6.45. The van der Waals surface area contributed by atoms with E-state index in [1.165, 1.54) is 0 Å². The third-order valence-corrected chi connectivity index (χ3v) is 4.57. The highest BCUT2D eigenvalue weighted by Gasteiger charge is 2.33. The number of hydrogen-bond acceptors (Lipinski definition) is 3. The largest absolute Gasteiger partial charge is 0.416 e. The van der Waals surface area contributed by atoms with E-state index in [0.29, 0.717) is 18.3 Å². The molecule has 1 amide bonds. The first-order valence-electron chi connectivity index (χ1n) is 8.50. The number of nitrogen functional groups attached to an aromatic ring is 1. The zero-order chi connectivity index (χ0) is 19.6. The van der Waals surface area contributed by atoms with Gasteiger partial charge in [-0.2, -0.15) is 13.2 Å². The van der Waals surface area contributed by atoms with Crippen molar-refractivity contribution < 1.29 is 22.4 Å². The molecule has 0 unspecified atom stereocenters. The predicted molar refractivity (Wildman–Crippen MR) is 94.6 cm³/mol. The molecule has 27 heavy (non-hydrogen) atoms. The molecule has 0 saturated carbocycles. The number of hydrogen-bond donors (Lipinski definition) is 2. The van der Waals surface area contributed by atoms with Crippen molar-refractivity contribution in [1.82, 2.24) is 5.32 Å². The van der Waals surface area contributed by atoms with E-state index in [9.17, 15) is 22.4 Å². The number of nitrogens with one attached hydrogen (secondary N) is 1. The maximum atomic E-state index is 13.2. The van der Waals surface area contributed by atoms with Crippen molar-refractivity contribution in [3.63, 3.8) is 0 Å². The van der Waals surface area contributed by atoms with Gasteiger partial charge in [0.05, 0.1) is 12.1 Å². The van der Waals surface area contributed by atoms with E-state index in [0.717, 1.165) is 36.2 Å². The smallest absolute Gasteiger partial charge is 0.398 e. The van der Waals surface area contributed by atoms with Gasteiger partial charge in [0.15, 0.2) is 0 Å². The molecule has 0 fully saturated rings. The van der Waals surface area contributed by atoms with Crippen LogP contribution in [0.4, 0.5) is 28.9 Å². The van der Waals surface area contributed by atoms with Crippen LogP contribution in [0.1, 0.15) is 23.1 Å². The van der Waals surface area contributed by atoms with Gasteiger partial charge in [-0.1, -0.05) is 12.1 Å². The molecule has 1 aliphatic rings. The van der Waals surface area contributed by atoms with E-state index in [2.05, 4.69) is 5.32 Å². The van der Waals surface area contributed by atoms with Gasteiger partial charge in [0, 0.05) is 24.5 Å². The summed E-state index contributed by atoms with van der Waals surface area (Å²) < 4.78 is 52.2. The number of carbonyl (C=O) groups is 1. The number of nitrogens with two attached hydrogens (primary N) is 1. The first-order valence-corrected chi connectivity index (χ1v) is 8.50. The van der Waals surface area contributed by atoms with Crippen LogP contribution < -0.4 is 16.0 Å². The van der Waals surface area contributed by atoms with E-state index < -0.39 is 23.5 Å². The van der Waals surface area contributed by atoms with Crippen molar-refractivity contribution in [3.8, 4) is 0 Å². The van der Waals surface area contributed by atoms with Crippen molar-refractivity contribution in [2.45, 2.75) is 25.6 Å². The summed E-state index contributed by atoms with van der Waals surface area (Å²) in [5, 5.41) is 2.49. The Morgan fingerprint density at radius 1 is 1.22 bits per heavy atom. The number of carbonyl (C=O) groups excluding carboxylic acids is 1. The zero-order valence-corrected chi connectivity index (χ0v) is 14.4. The van der Waals surface area contributed by atoms with Crippen LogP contribution in [-0.4, -0.2) is 19.0 Å². The number of anilines is 2. The molecule has 2 aromatic rings. The highest BCUT2D eigenvalue weighted by molar-refractivity contribution is 5.82. The van der Waals surface area contributed by atoms with Crippen LogP contribution in [0, 0.1) is 5.82 Å². The van der Waals surface area contributed by atoms with Gasteiger partial charge in [-0.3, -0.25) is 4.79 Å². The summed E-state index contributed by atoms with van der Waals surface area (Å²) in [5.74, 6) is -1.39. The lowest BCUT2D eigenvalue weighted by molar-refractivity contribution is -0.138. The molecular formula is C19H19F4N3O. The Kier molecular flexibility index (Phi) is 5.25. The summed E-state index contributed by atoms with van der Waals surface area (Å²) in [6.45, 7) is 0.346. The average molecular weight is 381 g/mol. The number of benzene rings is 2. The summed E-state index contributed by atoms with van der Waals surface area (Å²) >= 11 is 0. The average Bonchev–Trinajstić information content (AvgIpc) is 2.61. The van der Waals surface area contributed by atoms with E-state index >= 15 is 0 Å². The lowest BCUT2D eigenvalue weighted by Crippen LogP contribution is -2.40. The zero-order valence-electron chi connectivity index (χ0n) is 14.4. The van der Waals surface area contributed by atoms with Crippen LogP contribution in [-0.2, 0) is 23.9 Å². The van der Waals surface area contributed by atoms with Crippen molar-refractivity contribution in [3.05, 3.63) is 58.9 Å². The minimum atomic E-state index is -4.69. The standard InChI is InChI=1S/C19H19F4N3O/c20-13-7-6-12(15(9-13)19(21,22)23)10-25-18(27)11-26-8-2-3-14-16(24)4-1-5-17(14)26/h1,4-7,9H,2-3,8,10-11,24H2,(H,25,27). The molecule has 0 aliphatic carbocycles. The normalized spacial score (nSPS) is 14.0. The minimum absolute atomic E-state index is 0.0129. The van der Waals surface area contributed by atoms with Crippen LogP contribution in [0.15, 0.2) is 36.4 Å². The summed E-state index contributed by atoms with van der Waals surface area (Å²) in [4.78, 5) is 14.1. The molecule has 144 valence electrons. The molecule has 0 bridgehead atoms. The van der Waals surface area contributed by atoms with Crippen molar-refractivity contribution in [2.24, 2.45) is 0 Å². The monoisotopic (exact) mass is 381 g/mol. The lowest BCUT2D eigenvalue weighted by Gasteiger charge is -2.31. The predicted octanol–water partition coefficient (Wildman–Crippen LogP) is 3.50. The van der Waals surface area contributed by atoms with E-state index in [4.69, 9.17) is 5.73 Å². The molecule has 0 atom stereocenters. The second-order valence-electron chi connectivity index (χ2n) is 6.45. The lowest BCUT2D eigenvalue weighted by atomic mass is 10.00. The molecule has 1 aliphatic heterocycles. The number of halogens is 4. The first-order chi connectivity index (χ1) is 12.8. The quantitative estimate of drug-likeness (QED) is 0.630. The molecule has 0 aromatic heterocycles. The Bertz CT molecular complexity index is 851. The molecule has 2 aromatic carbocycles. The van der Waals surface area contributed by atoms with Gasteiger partial charge in [0.2, 0.25) is 5.91 Å². The van der Waals surface area contributed by atoms with Gasteiger partial charge >= 0.3 is 6.18 Å². The van der Waals surface area contributed by atoms with Gasteiger partial charge in [0.1, 0.15) is 5.82 Å². The van der Waals surface area contributed by atoms with E-state index in [1.807, 2.05) is 11.0 Å². The van der Waals surface area contributed by atoms with Gasteiger partial charge in [-0.25, -0.2) is 4.39 Å². The Morgan fingerprint density at radius 3 is 2.74 bits per heavy atom. The maximum absolute atomic E-state index is 13.2. The third-order valence-electron chi connectivity index (χ3n) is 4.57. The Morgan fingerprint density at radius 2 is 2.00 bits per heavy atom. The Balaban J connectivity index is 1.68. The van der Waals surface area contributed by atoms with Gasteiger partial charge in [0.25, 0.3) is 0 Å². The van der Waals surface area contributed by atoms with Crippen LogP contribution in [0.3, 0.4) is 0 Å². The molecular weight excluding hydrogens is 362 g/mol. The third kappa shape index (κ3) is 4.32. The van der Waals surface area contributed by atoms with Crippen molar-refractivity contribution in [2.75, 3.05) is 23.7 Å². The number of fused-ring (bicyclic) bond motifs is 1. The Labute approximate surface area is 154 Å². The summed E-state index contributed by atoms with van der Waals surface area (Å²) in [7, 11) is 0. The van der Waals surface area contributed by atoms with Gasteiger partial charge in [-0.15, -0.1) is 0 Å². The summed E-state index contributed by atoms with van der Waals surface area (Å²) in [6.07, 6.45) is -3.03. The number of amides is 1. The van der Waals surface area contributed by atoms with Crippen LogP contribution in [0.25, 0.3) is 0 Å².